The summed E-state index contributed by atoms with van der Waals surface area (Å²) in [5.74, 6) is 0.521. The van der Waals surface area contributed by atoms with Crippen molar-refractivity contribution in [2.75, 3.05) is 16.4 Å². The largest absolute Gasteiger partial charge is 0.394 e. The third-order valence-electron chi connectivity index (χ3n) is 3.65. The number of anilines is 3. The molecule has 4 rings (SSSR count). The molecule has 23 heavy (non-hydrogen) atoms. The van der Waals surface area contributed by atoms with E-state index in [0.29, 0.717) is 24.0 Å². The fraction of sp³-hybridized carbons (Fsp3) is 0.429. The zero-order chi connectivity index (χ0) is 16.0. The second-order valence-corrected chi connectivity index (χ2v) is 6.20. The molecule has 0 unspecified atom stereocenters. The fourth-order valence-electron chi connectivity index (χ4n) is 2.05. The van der Waals surface area contributed by atoms with Crippen LogP contribution in [0.15, 0.2) is 6.07 Å². The van der Waals surface area contributed by atoms with Gasteiger partial charge in [0.25, 0.3) is 0 Å². The summed E-state index contributed by atoms with van der Waals surface area (Å²) >= 11 is 5.86. The smallest absolute Gasteiger partial charge is 0.228 e. The van der Waals surface area contributed by atoms with Crippen LogP contribution in [-0.2, 0) is 0 Å². The number of rotatable bonds is 5. The van der Waals surface area contributed by atoms with E-state index in [2.05, 4.69) is 30.6 Å². The van der Waals surface area contributed by atoms with Crippen LogP contribution in [0.1, 0.15) is 25.7 Å². The molecular weight excluding hydrogens is 321 g/mol. The van der Waals surface area contributed by atoms with E-state index < -0.39 is 5.82 Å². The Morgan fingerprint density at radius 3 is 2.04 bits per heavy atom. The normalized spacial score (nSPS) is 17.1. The Kier molecular flexibility index (Phi) is 3.41. The van der Waals surface area contributed by atoms with Gasteiger partial charge in [0.15, 0.2) is 16.8 Å². The summed E-state index contributed by atoms with van der Waals surface area (Å²) in [5, 5.41) is 6.34. The first-order chi connectivity index (χ1) is 11.1. The summed E-state index contributed by atoms with van der Waals surface area (Å²) in [6.45, 7) is 0. The number of nitrogen functional groups attached to an aromatic ring is 1. The highest BCUT2D eigenvalue weighted by Crippen LogP contribution is 2.29. The third kappa shape index (κ3) is 3.26. The predicted octanol–water partition coefficient (Wildman–Crippen LogP) is 2.46. The summed E-state index contributed by atoms with van der Waals surface area (Å²) in [7, 11) is 0. The lowest BCUT2D eigenvalue weighted by Crippen LogP contribution is -2.12. The van der Waals surface area contributed by atoms with Gasteiger partial charge < -0.3 is 16.4 Å². The van der Waals surface area contributed by atoms with Crippen molar-refractivity contribution in [3.63, 3.8) is 0 Å². The van der Waals surface area contributed by atoms with Crippen molar-refractivity contribution in [3.05, 3.63) is 17.0 Å². The molecule has 2 fully saturated rings. The summed E-state index contributed by atoms with van der Waals surface area (Å²) in [6, 6.07) is 1.95. The zero-order valence-corrected chi connectivity index (χ0v) is 12.9. The average molecular weight is 336 g/mol. The van der Waals surface area contributed by atoms with Crippen molar-refractivity contribution in [3.8, 4) is 11.5 Å². The van der Waals surface area contributed by atoms with Crippen molar-refractivity contribution in [2.24, 2.45) is 0 Å². The number of nitrogens with one attached hydrogen (secondary N) is 2. The number of aromatic nitrogens is 4. The first kappa shape index (κ1) is 14.4. The molecule has 120 valence electrons. The van der Waals surface area contributed by atoms with Gasteiger partial charge in [-0.25, -0.2) is 9.37 Å². The minimum Gasteiger partial charge on any atom is -0.394 e. The van der Waals surface area contributed by atoms with Crippen LogP contribution in [0.4, 0.5) is 22.0 Å². The van der Waals surface area contributed by atoms with Crippen molar-refractivity contribution < 1.29 is 4.39 Å². The first-order valence-corrected chi connectivity index (χ1v) is 7.87. The van der Waals surface area contributed by atoms with Crippen LogP contribution in [0, 0.1) is 5.82 Å². The molecule has 0 aromatic carbocycles. The van der Waals surface area contributed by atoms with E-state index in [1.165, 1.54) is 6.07 Å². The van der Waals surface area contributed by atoms with Crippen molar-refractivity contribution in [1.29, 1.82) is 0 Å². The van der Waals surface area contributed by atoms with Gasteiger partial charge in [-0.15, -0.1) is 0 Å². The van der Waals surface area contributed by atoms with Crippen LogP contribution < -0.4 is 16.4 Å². The molecule has 2 aromatic heterocycles. The van der Waals surface area contributed by atoms with E-state index >= 15 is 0 Å². The molecule has 2 aliphatic carbocycles. The number of hydrogen-bond donors (Lipinski definition) is 3. The number of pyridine rings is 1. The molecule has 2 aliphatic rings. The van der Waals surface area contributed by atoms with E-state index in [-0.39, 0.29) is 22.4 Å². The second-order valence-electron chi connectivity index (χ2n) is 5.84. The maximum absolute atomic E-state index is 13.8. The Hall–Kier alpha value is -2.22. The second kappa shape index (κ2) is 5.45. The summed E-state index contributed by atoms with van der Waals surface area (Å²) < 4.78 is 13.8. The summed E-state index contributed by atoms with van der Waals surface area (Å²) in [5.41, 5.74) is 5.53. The Morgan fingerprint density at radius 2 is 1.57 bits per heavy atom. The zero-order valence-electron chi connectivity index (χ0n) is 12.2. The molecule has 0 radical (unpaired) electrons. The monoisotopic (exact) mass is 335 g/mol. The van der Waals surface area contributed by atoms with Crippen LogP contribution in [-0.4, -0.2) is 32.0 Å². The van der Waals surface area contributed by atoms with Gasteiger partial charge in [-0.1, -0.05) is 11.6 Å². The van der Waals surface area contributed by atoms with Gasteiger partial charge in [0.05, 0.1) is 0 Å². The van der Waals surface area contributed by atoms with Crippen LogP contribution in [0.2, 0.25) is 5.15 Å². The summed E-state index contributed by atoms with van der Waals surface area (Å²) in [6.07, 6.45) is 4.36. The van der Waals surface area contributed by atoms with Gasteiger partial charge in [-0.3, -0.25) is 0 Å². The molecule has 2 saturated carbocycles. The fourth-order valence-corrected chi connectivity index (χ4v) is 2.23. The Balaban J connectivity index is 1.72. The molecular formula is C14H15ClFN7. The SMILES string of the molecule is Nc1c(F)cc(-c2nc(NC3CC3)nc(NC3CC3)n2)nc1Cl. The van der Waals surface area contributed by atoms with Gasteiger partial charge in [-0.2, -0.15) is 15.0 Å². The molecule has 0 aliphatic heterocycles. The van der Waals surface area contributed by atoms with Gasteiger partial charge in [0, 0.05) is 18.2 Å². The average Bonchev–Trinajstić information content (AvgIpc) is 3.41. The molecule has 7 nitrogen and oxygen atoms in total. The van der Waals surface area contributed by atoms with E-state index in [1.54, 1.807) is 0 Å². The lowest BCUT2D eigenvalue weighted by molar-refractivity contribution is 0.631. The van der Waals surface area contributed by atoms with Crippen molar-refractivity contribution in [1.82, 2.24) is 19.9 Å². The molecule has 0 amide bonds. The lowest BCUT2D eigenvalue weighted by atomic mass is 10.3. The van der Waals surface area contributed by atoms with Crippen molar-refractivity contribution >= 4 is 29.2 Å². The topological polar surface area (TPSA) is 102 Å². The van der Waals surface area contributed by atoms with Gasteiger partial charge in [-0.05, 0) is 25.7 Å². The number of nitrogens with two attached hydrogens (primary N) is 1. The van der Waals surface area contributed by atoms with E-state index in [9.17, 15) is 4.39 Å². The minimum atomic E-state index is -0.645. The maximum Gasteiger partial charge on any atom is 0.228 e. The number of nitrogens with zero attached hydrogens (tertiary/aromatic N) is 4. The first-order valence-electron chi connectivity index (χ1n) is 7.49. The maximum atomic E-state index is 13.8. The van der Waals surface area contributed by atoms with Gasteiger partial charge >= 0.3 is 0 Å². The lowest BCUT2D eigenvalue weighted by Gasteiger charge is -2.10. The standard InChI is InChI=1S/C14H15ClFN7/c15-11-10(17)8(16)5-9(20-11)12-21-13(18-6-1-2-6)23-14(22-12)19-7-3-4-7/h5-7H,1-4,17H2,(H2,18,19,21,22,23). The highest BCUT2D eigenvalue weighted by molar-refractivity contribution is 6.31. The molecule has 0 spiro atoms. The van der Waals surface area contributed by atoms with E-state index in [4.69, 9.17) is 17.3 Å². The molecule has 9 heteroatoms. The van der Waals surface area contributed by atoms with Crippen LogP contribution in [0.3, 0.4) is 0 Å². The van der Waals surface area contributed by atoms with Crippen LogP contribution in [0.25, 0.3) is 11.5 Å². The highest BCUT2D eigenvalue weighted by atomic mass is 35.5. The van der Waals surface area contributed by atoms with Crippen molar-refractivity contribution in [2.45, 2.75) is 37.8 Å². The number of hydrogen-bond acceptors (Lipinski definition) is 7. The van der Waals surface area contributed by atoms with E-state index in [0.717, 1.165) is 25.7 Å². The quantitative estimate of drug-likeness (QED) is 0.721. The molecule has 2 aromatic rings. The molecule has 4 N–H and O–H groups in total. The predicted molar refractivity (Wildman–Crippen MR) is 85.7 cm³/mol. The molecule has 0 atom stereocenters. The molecule has 2 heterocycles. The Labute approximate surface area is 136 Å². The minimum absolute atomic E-state index is 0.103. The highest BCUT2D eigenvalue weighted by Gasteiger charge is 2.25. The van der Waals surface area contributed by atoms with Gasteiger partial charge in [0.1, 0.15) is 11.4 Å². The summed E-state index contributed by atoms with van der Waals surface area (Å²) in [4.78, 5) is 17.1. The van der Waals surface area contributed by atoms with Crippen LogP contribution >= 0.6 is 11.6 Å². The number of halogens is 2. The molecule has 0 saturated heterocycles. The Bertz CT molecular complexity index is 706. The molecule has 0 bridgehead atoms. The van der Waals surface area contributed by atoms with E-state index in [1.807, 2.05) is 0 Å². The third-order valence-corrected chi connectivity index (χ3v) is 3.94. The van der Waals surface area contributed by atoms with Crippen LogP contribution in [0.5, 0.6) is 0 Å². The Morgan fingerprint density at radius 1 is 1.00 bits per heavy atom. The van der Waals surface area contributed by atoms with Gasteiger partial charge in [0.2, 0.25) is 11.9 Å².